The van der Waals surface area contributed by atoms with Crippen LogP contribution in [0.2, 0.25) is 0 Å². The van der Waals surface area contributed by atoms with Gasteiger partial charge in [0.15, 0.2) is 0 Å². The summed E-state index contributed by atoms with van der Waals surface area (Å²) in [7, 11) is 0. The van der Waals surface area contributed by atoms with E-state index in [0.29, 0.717) is 12.3 Å². The second kappa shape index (κ2) is 10.8. The highest BCUT2D eigenvalue weighted by atomic mass is 35.5. The molecule has 0 saturated heterocycles. The van der Waals surface area contributed by atoms with Crippen LogP contribution in [0.15, 0.2) is 76.3 Å². The fourth-order valence-electron chi connectivity index (χ4n) is 2.86. The van der Waals surface area contributed by atoms with Crippen molar-refractivity contribution in [3.63, 3.8) is 0 Å². The number of rotatable bonds is 9. The molecule has 0 radical (unpaired) electrons. The van der Waals surface area contributed by atoms with E-state index in [1.54, 1.807) is 34.6 Å². The minimum atomic E-state index is -0.957. The SMILES string of the molecule is Cl.O=C(O)c1cccc(-c2ccc(CNCCSc3nnnn3-c3ccccc3)o2)c1. The third-order valence-corrected chi connectivity index (χ3v) is 5.23. The topological polar surface area (TPSA) is 106 Å². The van der Waals surface area contributed by atoms with E-state index in [2.05, 4.69) is 20.8 Å². The van der Waals surface area contributed by atoms with Gasteiger partial charge in [0.05, 0.1) is 17.8 Å². The quantitative estimate of drug-likeness (QED) is 0.287. The average molecular weight is 458 g/mol. The van der Waals surface area contributed by atoms with E-state index in [1.807, 2.05) is 48.5 Å². The molecule has 0 amide bonds. The lowest BCUT2D eigenvalue weighted by Gasteiger charge is -2.05. The number of aromatic carboxylic acids is 1. The van der Waals surface area contributed by atoms with Crippen LogP contribution in [0.25, 0.3) is 17.0 Å². The summed E-state index contributed by atoms with van der Waals surface area (Å²) in [5.74, 6) is 1.26. The van der Waals surface area contributed by atoms with Gasteiger partial charge < -0.3 is 14.8 Å². The normalized spacial score (nSPS) is 10.6. The number of nitrogens with one attached hydrogen (secondary N) is 1. The van der Waals surface area contributed by atoms with Crippen molar-refractivity contribution in [2.24, 2.45) is 0 Å². The first-order valence-electron chi connectivity index (χ1n) is 9.30. The number of thioether (sulfide) groups is 1. The number of hydrogen-bond acceptors (Lipinski definition) is 7. The summed E-state index contributed by atoms with van der Waals surface area (Å²) in [6.07, 6.45) is 0. The number of halogens is 1. The molecule has 0 atom stereocenters. The van der Waals surface area contributed by atoms with Crippen molar-refractivity contribution in [2.75, 3.05) is 12.3 Å². The monoisotopic (exact) mass is 457 g/mol. The van der Waals surface area contributed by atoms with Gasteiger partial charge in [0.1, 0.15) is 11.5 Å². The highest BCUT2D eigenvalue weighted by molar-refractivity contribution is 7.99. The van der Waals surface area contributed by atoms with Crippen molar-refractivity contribution in [1.29, 1.82) is 0 Å². The molecule has 0 spiro atoms. The van der Waals surface area contributed by atoms with Gasteiger partial charge in [-0.3, -0.25) is 0 Å². The molecule has 4 aromatic rings. The molecule has 10 heteroatoms. The minimum absolute atomic E-state index is 0. The fraction of sp³-hybridized carbons (Fsp3) is 0.143. The van der Waals surface area contributed by atoms with Crippen LogP contribution < -0.4 is 5.32 Å². The van der Waals surface area contributed by atoms with Gasteiger partial charge in [0.25, 0.3) is 0 Å². The van der Waals surface area contributed by atoms with Crippen LogP contribution in [-0.4, -0.2) is 43.6 Å². The summed E-state index contributed by atoms with van der Waals surface area (Å²) in [6.45, 7) is 1.32. The standard InChI is InChI=1S/C21H19N5O3S.ClH/c27-20(28)16-6-4-5-15(13-16)19-10-9-18(29-19)14-22-11-12-30-21-23-24-25-26(21)17-7-2-1-3-8-17;/h1-10,13,22H,11-12,14H2,(H,27,28);1H. The number of carboxylic acid groups (broad SMARTS) is 1. The number of benzene rings is 2. The molecule has 0 aliphatic carbocycles. The van der Waals surface area contributed by atoms with Crippen LogP contribution in [0.1, 0.15) is 16.1 Å². The van der Waals surface area contributed by atoms with E-state index in [1.165, 1.54) is 0 Å². The molecular weight excluding hydrogens is 438 g/mol. The molecule has 0 saturated carbocycles. The van der Waals surface area contributed by atoms with Crippen LogP contribution in [0.4, 0.5) is 0 Å². The molecule has 0 aliphatic rings. The summed E-state index contributed by atoms with van der Waals surface area (Å²) in [5, 5.41) is 25.1. The maximum absolute atomic E-state index is 11.1. The molecule has 0 aliphatic heterocycles. The van der Waals surface area contributed by atoms with Gasteiger partial charge in [-0.25, -0.2) is 4.79 Å². The van der Waals surface area contributed by atoms with E-state index in [0.717, 1.165) is 34.5 Å². The van der Waals surface area contributed by atoms with Crippen LogP contribution in [0.3, 0.4) is 0 Å². The first-order chi connectivity index (χ1) is 14.7. The first-order valence-corrected chi connectivity index (χ1v) is 10.3. The Balaban J connectivity index is 0.00000272. The minimum Gasteiger partial charge on any atom is -0.478 e. The van der Waals surface area contributed by atoms with Gasteiger partial charge in [-0.1, -0.05) is 42.1 Å². The first kappa shape index (κ1) is 22.5. The number of furan rings is 1. The lowest BCUT2D eigenvalue weighted by molar-refractivity contribution is 0.0697. The Hall–Kier alpha value is -3.14. The molecule has 2 aromatic heterocycles. The van der Waals surface area contributed by atoms with Crippen molar-refractivity contribution in [2.45, 2.75) is 11.7 Å². The predicted molar refractivity (Wildman–Crippen MR) is 120 cm³/mol. The summed E-state index contributed by atoms with van der Waals surface area (Å²) in [4.78, 5) is 11.1. The lowest BCUT2D eigenvalue weighted by atomic mass is 10.1. The van der Waals surface area contributed by atoms with E-state index < -0.39 is 5.97 Å². The fourth-order valence-corrected chi connectivity index (χ4v) is 3.65. The Morgan fingerprint density at radius 2 is 1.94 bits per heavy atom. The zero-order chi connectivity index (χ0) is 20.8. The summed E-state index contributed by atoms with van der Waals surface area (Å²) in [6, 6.07) is 20.2. The number of nitrogens with zero attached hydrogens (tertiary/aromatic N) is 4. The van der Waals surface area contributed by atoms with Crippen LogP contribution in [-0.2, 0) is 6.54 Å². The molecule has 8 nitrogen and oxygen atoms in total. The second-order valence-electron chi connectivity index (χ2n) is 6.39. The number of tetrazole rings is 1. The Bertz CT molecular complexity index is 1130. The van der Waals surface area contributed by atoms with Gasteiger partial charge in [-0.15, -0.1) is 17.5 Å². The largest absolute Gasteiger partial charge is 0.478 e. The van der Waals surface area contributed by atoms with Crippen LogP contribution in [0.5, 0.6) is 0 Å². The van der Waals surface area contributed by atoms with Gasteiger partial charge in [-0.05, 0) is 46.8 Å². The number of carboxylic acids is 1. The van der Waals surface area contributed by atoms with E-state index in [9.17, 15) is 4.79 Å². The number of aromatic nitrogens is 4. The maximum atomic E-state index is 11.1. The van der Waals surface area contributed by atoms with E-state index in [-0.39, 0.29) is 18.0 Å². The molecular formula is C21H20ClN5O3S. The van der Waals surface area contributed by atoms with Gasteiger partial charge in [0.2, 0.25) is 5.16 Å². The molecule has 160 valence electrons. The van der Waals surface area contributed by atoms with Crippen molar-refractivity contribution in [3.05, 3.63) is 78.1 Å². The zero-order valence-electron chi connectivity index (χ0n) is 16.3. The molecule has 31 heavy (non-hydrogen) atoms. The lowest BCUT2D eigenvalue weighted by Crippen LogP contribution is -2.16. The highest BCUT2D eigenvalue weighted by Gasteiger charge is 2.10. The average Bonchev–Trinajstić information content (AvgIpc) is 3.44. The summed E-state index contributed by atoms with van der Waals surface area (Å²) < 4.78 is 7.55. The highest BCUT2D eigenvalue weighted by Crippen LogP contribution is 2.23. The summed E-state index contributed by atoms with van der Waals surface area (Å²) >= 11 is 1.57. The third-order valence-electron chi connectivity index (χ3n) is 4.31. The Labute approximate surface area is 189 Å². The Morgan fingerprint density at radius 3 is 2.74 bits per heavy atom. The van der Waals surface area contributed by atoms with Crippen molar-refractivity contribution in [3.8, 4) is 17.0 Å². The van der Waals surface area contributed by atoms with Gasteiger partial charge in [0, 0.05) is 17.9 Å². The van der Waals surface area contributed by atoms with Crippen molar-refractivity contribution < 1.29 is 14.3 Å². The molecule has 0 bridgehead atoms. The van der Waals surface area contributed by atoms with Crippen LogP contribution >= 0.6 is 24.2 Å². The Kier molecular flexibility index (Phi) is 7.82. The molecule has 0 fully saturated rings. The Morgan fingerprint density at radius 1 is 1.10 bits per heavy atom. The van der Waals surface area contributed by atoms with Gasteiger partial charge in [-0.2, -0.15) is 4.68 Å². The smallest absolute Gasteiger partial charge is 0.335 e. The number of hydrogen-bond donors (Lipinski definition) is 2. The van der Waals surface area contributed by atoms with E-state index >= 15 is 0 Å². The van der Waals surface area contributed by atoms with Crippen molar-refractivity contribution in [1.82, 2.24) is 25.5 Å². The van der Waals surface area contributed by atoms with Gasteiger partial charge >= 0.3 is 5.97 Å². The summed E-state index contributed by atoms with van der Waals surface area (Å²) in [5.41, 5.74) is 1.90. The number of para-hydroxylation sites is 1. The van der Waals surface area contributed by atoms with E-state index in [4.69, 9.17) is 9.52 Å². The second-order valence-corrected chi connectivity index (χ2v) is 7.45. The van der Waals surface area contributed by atoms with Crippen molar-refractivity contribution >= 4 is 30.1 Å². The zero-order valence-corrected chi connectivity index (χ0v) is 18.0. The molecule has 0 unspecified atom stereocenters. The maximum Gasteiger partial charge on any atom is 0.335 e. The van der Waals surface area contributed by atoms with Crippen LogP contribution in [0, 0.1) is 0 Å². The predicted octanol–water partition coefficient (Wildman–Crippen LogP) is 3.92. The molecule has 4 rings (SSSR count). The molecule has 2 aromatic carbocycles. The third kappa shape index (κ3) is 5.72. The molecule has 2 N–H and O–H groups in total. The molecule has 2 heterocycles. The number of carbonyl (C=O) groups is 1.